The average Bonchev–Trinajstić information content (AvgIpc) is 3.43. The molecule has 3 N–H and O–H groups in total. The van der Waals surface area contributed by atoms with Crippen LogP contribution in [0.15, 0.2) is 59.5 Å². The van der Waals surface area contributed by atoms with Gasteiger partial charge in [0.05, 0.1) is 25.4 Å². The molecular weight excluding hydrogens is 686 g/mol. The molecule has 8 atom stereocenters. The summed E-state index contributed by atoms with van der Waals surface area (Å²) < 4.78 is 21.2. The topological polar surface area (TPSA) is 187 Å². The molecule has 8 unspecified atom stereocenters. The number of hydrogen-bond acceptors (Lipinski definition) is 13. The molecule has 4 aliphatic carbocycles. The quantitative estimate of drug-likeness (QED) is 0.0481. The van der Waals surface area contributed by atoms with E-state index in [4.69, 9.17) is 29.2 Å². The van der Waals surface area contributed by atoms with Gasteiger partial charge in [0.1, 0.15) is 6.10 Å². The lowest BCUT2D eigenvalue weighted by Crippen LogP contribution is -2.56. The van der Waals surface area contributed by atoms with E-state index < -0.39 is 36.0 Å². The monoisotopic (exact) mass is 741 g/mol. The minimum atomic E-state index is -1.50. The highest BCUT2D eigenvalue weighted by Gasteiger charge is 2.62. The van der Waals surface area contributed by atoms with Gasteiger partial charge < -0.3 is 39.1 Å². The number of methoxy groups -OCH3 is 1. The van der Waals surface area contributed by atoms with Crippen LogP contribution in [-0.2, 0) is 19.1 Å². The molecule has 0 saturated heterocycles. The number of carbonyl (C=O) groups is 3. The smallest absolute Gasteiger partial charge is 0.493 e. The van der Waals surface area contributed by atoms with Crippen molar-refractivity contribution in [2.24, 2.45) is 39.8 Å². The van der Waals surface area contributed by atoms with E-state index in [1.165, 1.54) is 44.7 Å². The Morgan fingerprint density at radius 1 is 1.08 bits per heavy atom. The lowest BCUT2D eigenvalue weighted by molar-refractivity contribution is -0.141. The summed E-state index contributed by atoms with van der Waals surface area (Å²) in [6, 6.07) is 4.23. The number of carbonyl (C=O) groups excluding carboxylic acids is 3. The number of benzene rings is 1. The van der Waals surface area contributed by atoms with E-state index >= 15 is 0 Å². The second-order valence-electron chi connectivity index (χ2n) is 15.7. The Balaban J connectivity index is 0.00000117. The third-order valence-electron chi connectivity index (χ3n) is 11.4. The second kappa shape index (κ2) is 17.4. The Morgan fingerprint density at radius 3 is 2.47 bits per heavy atom. The molecule has 5 rings (SSSR count). The molecule has 0 radical (unpaired) electrons. The normalized spacial score (nSPS) is 29.1. The van der Waals surface area contributed by atoms with E-state index in [2.05, 4.69) is 48.8 Å². The molecule has 292 valence electrons. The van der Waals surface area contributed by atoms with Gasteiger partial charge in [0.15, 0.2) is 35.0 Å². The van der Waals surface area contributed by atoms with Crippen LogP contribution in [0, 0.1) is 39.4 Å². The van der Waals surface area contributed by atoms with Crippen LogP contribution in [0.4, 0.5) is 4.79 Å². The zero-order chi connectivity index (χ0) is 39.1. The van der Waals surface area contributed by atoms with Gasteiger partial charge in [0, 0.05) is 17.3 Å². The van der Waals surface area contributed by atoms with Crippen LogP contribution in [0.1, 0.15) is 96.3 Å². The van der Waals surface area contributed by atoms with Gasteiger partial charge in [-0.25, -0.2) is 9.59 Å². The molecule has 0 aromatic heterocycles. The van der Waals surface area contributed by atoms with Gasteiger partial charge in [-0.2, -0.15) is 0 Å². The van der Waals surface area contributed by atoms with E-state index in [1.54, 1.807) is 6.92 Å². The van der Waals surface area contributed by atoms with Gasteiger partial charge in [0.2, 0.25) is 0 Å². The Bertz CT molecular complexity index is 1570. The standard InChI is InChI=1S/C37H47NO10.C3H8O2/c1-22-15-16-36(3)25(18-22)10-11-26-27-12-13-28(37(27,4)20-29(39)33(26)36)30(40)21-46-35(42)47-31-14-9-24(19-32(31)44-5)34(41)45-17-7-6-8-23(2)48-38-43;1-3(2,4)5/h9,14-16,18-19,23,26-29,33,39H,1,6-8,10-13,17,20-21H2,2-5H3;4-5H,1-2H3. The van der Waals surface area contributed by atoms with Crippen LogP contribution in [-0.4, -0.2) is 71.5 Å². The van der Waals surface area contributed by atoms with Gasteiger partial charge in [-0.05, 0) is 113 Å². The molecule has 1 aromatic carbocycles. The third-order valence-corrected chi connectivity index (χ3v) is 11.4. The first-order valence-corrected chi connectivity index (χ1v) is 18.3. The summed E-state index contributed by atoms with van der Waals surface area (Å²) in [6.45, 7) is 12.5. The fourth-order valence-corrected chi connectivity index (χ4v) is 9.07. The summed E-state index contributed by atoms with van der Waals surface area (Å²) in [5, 5.41) is 30.2. The molecule has 0 bridgehead atoms. The van der Waals surface area contributed by atoms with Crippen molar-refractivity contribution in [3.05, 3.63) is 64.6 Å². The van der Waals surface area contributed by atoms with E-state index in [1.807, 2.05) is 0 Å². The predicted octanol–water partition coefficient (Wildman–Crippen LogP) is 6.78. The van der Waals surface area contributed by atoms with E-state index in [0.29, 0.717) is 43.9 Å². The first-order valence-electron chi connectivity index (χ1n) is 18.3. The van der Waals surface area contributed by atoms with Gasteiger partial charge in [-0.1, -0.05) is 44.2 Å². The first kappa shape index (κ1) is 41.7. The Kier molecular flexibility index (Phi) is 13.7. The average molecular weight is 742 g/mol. The van der Waals surface area contributed by atoms with Crippen molar-refractivity contribution in [3.8, 4) is 11.5 Å². The number of unbranched alkanes of at least 4 members (excludes halogenated alkanes) is 1. The van der Waals surface area contributed by atoms with Gasteiger partial charge in [-0.15, -0.1) is 4.91 Å². The molecule has 3 saturated carbocycles. The summed E-state index contributed by atoms with van der Waals surface area (Å²) in [5.41, 5.74) is 1.92. The number of allylic oxidation sites excluding steroid dienone is 5. The number of rotatable bonds is 13. The number of ketones is 1. The van der Waals surface area contributed by atoms with Gasteiger partial charge >= 0.3 is 12.1 Å². The molecule has 3 fully saturated rings. The van der Waals surface area contributed by atoms with Gasteiger partial charge in [-0.3, -0.25) is 4.79 Å². The Labute approximate surface area is 311 Å². The van der Waals surface area contributed by atoms with Crippen LogP contribution in [0.5, 0.6) is 11.5 Å². The summed E-state index contributed by atoms with van der Waals surface area (Å²) >= 11 is 0. The maximum atomic E-state index is 13.5. The number of fused-ring (bicyclic) bond motifs is 5. The van der Waals surface area contributed by atoms with Crippen molar-refractivity contribution in [2.75, 3.05) is 20.3 Å². The molecule has 13 heteroatoms. The minimum Gasteiger partial charge on any atom is -0.493 e. The summed E-state index contributed by atoms with van der Waals surface area (Å²) in [4.78, 5) is 53.4. The van der Waals surface area contributed by atoms with E-state index in [0.717, 1.165) is 24.8 Å². The maximum Gasteiger partial charge on any atom is 0.514 e. The molecule has 53 heavy (non-hydrogen) atoms. The van der Waals surface area contributed by atoms with E-state index in [9.17, 15) is 24.4 Å². The summed E-state index contributed by atoms with van der Waals surface area (Å²) in [7, 11) is 1.37. The third kappa shape index (κ3) is 10.1. The number of ether oxygens (including phenoxy) is 4. The highest BCUT2D eigenvalue weighted by atomic mass is 16.7. The summed E-state index contributed by atoms with van der Waals surface area (Å²) in [6.07, 6.45) is 10.4. The summed E-state index contributed by atoms with van der Waals surface area (Å²) in [5.74, 6) is -1.76. The number of esters is 1. The van der Waals surface area contributed by atoms with Crippen LogP contribution in [0.2, 0.25) is 0 Å². The number of hydrogen-bond donors (Lipinski definition) is 3. The molecule has 0 spiro atoms. The van der Waals surface area contributed by atoms with Crippen molar-refractivity contribution >= 4 is 17.9 Å². The van der Waals surface area contributed by atoms with Crippen LogP contribution < -0.4 is 9.47 Å². The van der Waals surface area contributed by atoms with Gasteiger partial charge in [0.25, 0.3) is 0 Å². The molecule has 4 aliphatic rings. The zero-order valence-electron chi connectivity index (χ0n) is 31.7. The fraction of sp³-hybridized carbons (Fsp3) is 0.625. The van der Waals surface area contributed by atoms with Crippen molar-refractivity contribution < 1.29 is 53.5 Å². The van der Waals surface area contributed by atoms with Crippen molar-refractivity contribution in [2.45, 2.75) is 104 Å². The Hall–Kier alpha value is -4.07. The van der Waals surface area contributed by atoms with E-state index in [-0.39, 0.29) is 52.8 Å². The van der Waals surface area contributed by atoms with Crippen LogP contribution in [0.3, 0.4) is 0 Å². The maximum absolute atomic E-state index is 13.5. The molecule has 0 aliphatic heterocycles. The SMILES string of the molecule is C=C1C=CC2(C)C(=C1)CCC1C2C(O)CC2(C)C(C(=O)COC(=O)Oc3ccc(C(=O)OCCCCC(C)ON=O)cc3OC)CCC12.CC(C)(O)O. The second-order valence-corrected chi connectivity index (χ2v) is 15.7. The van der Waals surface area contributed by atoms with Crippen molar-refractivity contribution in [1.29, 1.82) is 0 Å². The lowest BCUT2D eigenvalue weighted by atomic mass is 9.46. The molecule has 0 heterocycles. The largest absolute Gasteiger partial charge is 0.514 e. The fourth-order valence-electron chi connectivity index (χ4n) is 9.07. The number of Topliss-reactive ketones (excluding diaryl/α,β-unsaturated/α-hetero) is 1. The van der Waals surface area contributed by atoms with Crippen LogP contribution >= 0.6 is 0 Å². The number of nitrogens with zero attached hydrogens (tertiary/aromatic N) is 1. The molecular formula is C40H55NO12. The minimum absolute atomic E-state index is 0.0261. The lowest BCUT2D eigenvalue weighted by Gasteiger charge is -2.58. The van der Waals surface area contributed by atoms with Crippen LogP contribution in [0.25, 0.3) is 0 Å². The number of aliphatic hydroxyl groups excluding tert-OH is 1. The van der Waals surface area contributed by atoms with Crippen molar-refractivity contribution in [1.82, 2.24) is 0 Å². The number of aliphatic hydroxyl groups is 3. The first-order chi connectivity index (χ1) is 24.9. The highest BCUT2D eigenvalue weighted by Crippen LogP contribution is 2.66. The molecule has 0 amide bonds. The van der Waals surface area contributed by atoms with Crippen molar-refractivity contribution in [3.63, 3.8) is 0 Å². The predicted molar refractivity (Wildman–Crippen MR) is 195 cm³/mol. The molecule has 1 aromatic rings. The zero-order valence-corrected chi connectivity index (χ0v) is 31.7. The Morgan fingerprint density at radius 2 is 1.79 bits per heavy atom. The highest BCUT2D eigenvalue weighted by molar-refractivity contribution is 5.90. The molecule has 13 nitrogen and oxygen atoms in total.